The monoisotopic (exact) mass is 194 g/mol. The molecule has 0 heterocycles. The maximum Gasteiger partial charge on any atom is 0.122 e. The number of nitrogens with one attached hydrogen (secondary N) is 1. The fraction of sp³-hybridized carbons (Fsp3) is 0.455. The van der Waals surface area contributed by atoms with E-state index in [2.05, 4.69) is 24.5 Å². The van der Waals surface area contributed by atoms with Crippen LogP contribution in [0.2, 0.25) is 0 Å². The Kier molecular flexibility index (Phi) is 4.43. The van der Waals surface area contributed by atoms with Crippen molar-refractivity contribution in [1.29, 1.82) is 0 Å². The topological polar surface area (TPSA) is 47.3 Å². The second-order valence-corrected chi connectivity index (χ2v) is 3.20. The van der Waals surface area contributed by atoms with Crippen LogP contribution in [0, 0.1) is 0 Å². The van der Waals surface area contributed by atoms with E-state index in [-0.39, 0.29) is 0 Å². The molecule has 78 valence electrons. The highest BCUT2D eigenvalue weighted by atomic mass is 16.5. The van der Waals surface area contributed by atoms with Gasteiger partial charge in [0.2, 0.25) is 0 Å². The third kappa shape index (κ3) is 2.72. The molecule has 0 spiro atoms. The van der Waals surface area contributed by atoms with E-state index in [9.17, 15) is 0 Å². The molecule has 3 heteroatoms. The lowest BCUT2D eigenvalue weighted by Crippen LogP contribution is -2.24. The van der Waals surface area contributed by atoms with Gasteiger partial charge in [0.1, 0.15) is 5.75 Å². The highest BCUT2D eigenvalue weighted by Gasteiger charge is 2.01. The van der Waals surface area contributed by atoms with Gasteiger partial charge in [0.05, 0.1) is 7.11 Å². The lowest BCUT2D eigenvalue weighted by molar-refractivity contribution is 0.410. The molecular weight excluding hydrogens is 176 g/mol. The van der Waals surface area contributed by atoms with Crippen LogP contribution in [0.5, 0.6) is 5.75 Å². The summed E-state index contributed by atoms with van der Waals surface area (Å²) in [6.07, 6.45) is 1.95. The number of nitrogens with two attached hydrogens (primary N) is 1. The molecule has 0 aliphatic heterocycles. The quantitative estimate of drug-likeness (QED) is 0.548. The lowest BCUT2D eigenvalue weighted by atomic mass is 10.1. The molecule has 0 saturated heterocycles. The van der Waals surface area contributed by atoms with Gasteiger partial charge in [-0.15, -0.1) is 0 Å². The summed E-state index contributed by atoms with van der Waals surface area (Å²) >= 11 is 0. The largest absolute Gasteiger partial charge is 0.496 e. The summed E-state index contributed by atoms with van der Waals surface area (Å²) in [7, 11) is 1.70. The average Bonchev–Trinajstić information content (AvgIpc) is 2.25. The molecule has 0 amide bonds. The van der Waals surface area contributed by atoms with Gasteiger partial charge in [-0.25, -0.2) is 0 Å². The Morgan fingerprint density at radius 1 is 1.43 bits per heavy atom. The summed E-state index contributed by atoms with van der Waals surface area (Å²) in [4.78, 5) is 0. The molecule has 0 fully saturated rings. The lowest BCUT2D eigenvalue weighted by Gasteiger charge is -2.08. The normalized spacial score (nSPS) is 10.2. The van der Waals surface area contributed by atoms with Crippen molar-refractivity contribution >= 4 is 0 Å². The smallest absolute Gasteiger partial charge is 0.122 e. The van der Waals surface area contributed by atoms with Crippen LogP contribution in [-0.2, 0) is 12.8 Å². The molecule has 0 aromatic heterocycles. The molecule has 1 rings (SSSR count). The van der Waals surface area contributed by atoms with E-state index >= 15 is 0 Å². The van der Waals surface area contributed by atoms with E-state index in [1.807, 2.05) is 6.07 Å². The zero-order valence-corrected chi connectivity index (χ0v) is 8.84. The number of hydrazine groups is 1. The first kappa shape index (κ1) is 11.0. The van der Waals surface area contributed by atoms with Crippen molar-refractivity contribution in [3.8, 4) is 5.75 Å². The molecule has 1 aromatic rings. The summed E-state index contributed by atoms with van der Waals surface area (Å²) in [6.45, 7) is 2.93. The van der Waals surface area contributed by atoms with Gasteiger partial charge in [-0.1, -0.05) is 19.1 Å². The first-order valence-corrected chi connectivity index (χ1v) is 4.91. The zero-order valence-electron chi connectivity index (χ0n) is 8.84. The van der Waals surface area contributed by atoms with Gasteiger partial charge in [0, 0.05) is 6.54 Å². The summed E-state index contributed by atoms with van der Waals surface area (Å²) < 4.78 is 5.26. The van der Waals surface area contributed by atoms with Crippen LogP contribution in [0.25, 0.3) is 0 Å². The van der Waals surface area contributed by atoms with E-state index in [0.717, 1.165) is 25.1 Å². The molecule has 0 atom stereocenters. The van der Waals surface area contributed by atoms with Crippen LogP contribution >= 0.6 is 0 Å². The Hall–Kier alpha value is -1.06. The molecule has 0 aliphatic rings. The summed E-state index contributed by atoms with van der Waals surface area (Å²) in [6, 6.07) is 6.27. The Balaban J connectivity index is 2.79. The highest BCUT2D eigenvalue weighted by molar-refractivity contribution is 5.37. The van der Waals surface area contributed by atoms with Crippen molar-refractivity contribution in [1.82, 2.24) is 5.43 Å². The second-order valence-electron chi connectivity index (χ2n) is 3.20. The van der Waals surface area contributed by atoms with Gasteiger partial charge >= 0.3 is 0 Å². The minimum atomic E-state index is 0.801. The van der Waals surface area contributed by atoms with E-state index in [0.29, 0.717) is 0 Å². The maximum absolute atomic E-state index is 5.26. The van der Waals surface area contributed by atoms with Crippen molar-refractivity contribution in [3.05, 3.63) is 29.3 Å². The first-order valence-electron chi connectivity index (χ1n) is 4.91. The van der Waals surface area contributed by atoms with Crippen molar-refractivity contribution in [2.24, 2.45) is 5.84 Å². The maximum atomic E-state index is 5.26. The van der Waals surface area contributed by atoms with Gasteiger partial charge in [0.25, 0.3) is 0 Å². The Morgan fingerprint density at radius 3 is 2.79 bits per heavy atom. The van der Waals surface area contributed by atoms with Crippen molar-refractivity contribution in [2.45, 2.75) is 19.8 Å². The van der Waals surface area contributed by atoms with Crippen molar-refractivity contribution in [3.63, 3.8) is 0 Å². The minimum absolute atomic E-state index is 0.801. The fourth-order valence-corrected chi connectivity index (χ4v) is 1.48. The Bertz CT molecular complexity index is 287. The van der Waals surface area contributed by atoms with Crippen LogP contribution in [0.4, 0.5) is 0 Å². The standard InChI is InChI=1S/C11H18N2O/c1-3-10-8-9(6-7-13-12)4-5-11(10)14-2/h4-5,8,13H,3,6-7,12H2,1-2H3. The summed E-state index contributed by atoms with van der Waals surface area (Å²) in [5.74, 6) is 6.20. The Labute approximate surface area is 85.2 Å². The van der Waals surface area contributed by atoms with Gasteiger partial charge in [-0.3, -0.25) is 11.3 Å². The predicted octanol–water partition coefficient (Wildman–Crippen LogP) is 1.26. The molecule has 14 heavy (non-hydrogen) atoms. The van der Waals surface area contributed by atoms with Crippen LogP contribution in [0.1, 0.15) is 18.1 Å². The fourth-order valence-electron chi connectivity index (χ4n) is 1.48. The van der Waals surface area contributed by atoms with E-state index < -0.39 is 0 Å². The van der Waals surface area contributed by atoms with Crippen molar-refractivity contribution < 1.29 is 4.74 Å². The minimum Gasteiger partial charge on any atom is -0.496 e. The summed E-state index contributed by atoms with van der Waals surface area (Å²) in [5.41, 5.74) is 5.20. The van der Waals surface area contributed by atoms with Gasteiger partial charge < -0.3 is 4.74 Å². The summed E-state index contributed by atoms with van der Waals surface area (Å²) in [5, 5.41) is 0. The number of aryl methyl sites for hydroxylation is 1. The third-order valence-electron chi connectivity index (χ3n) is 2.28. The van der Waals surface area contributed by atoms with Crippen LogP contribution < -0.4 is 16.0 Å². The predicted molar refractivity (Wildman–Crippen MR) is 58.3 cm³/mol. The van der Waals surface area contributed by atoms with Crippen molar-refractivity contribution in [2.75, 3.05) is 13.7 Å². The van der Waals surface area contributed by atoms with Gasteiger partial charge in [-0.05, 0) is 30.0 Å². The Morgan fingerprint density at radius 2 is 2.21 bits per heavy atom. The molecule has 3 N–H and O–H groups in total. The van der Waals surface area contributed by atoms with E-state index in [4.69, 9.17) is 10.6 Å². The van der Waals surface area contributed by atoms with E-state index in [1.165, 1.54) is 11.1 Å². The van der Waals surface area contributed by atoms with Crippen LogP contribution in [-0.4, -0.2) is 13.7 Å². The third-order valence-corrected chi connectivity index (χ3v) is 2.28. The SMILES string of the molecule is CCc1cc(CCNN)ccc1OC. The number of methoxy groups -OCH3 is 1. The zero-order chi connectivity index (χ0) is 10.4. The molecule has 0 radical (unpaired) electrons. The number of rotatable bonds is 5. The second kappa shape index (κ2) is 5.62. The van der Waals surface area contributed by atoms with Gasteiger partial charge in [0.15, 0.2) is 0 Å². The first-order chi connectivity index (χ1) is 6.81. The average molecular weight is 194 g/mol. The number of benzene rings is 1. The molecular formula is C11H18N2O. The van der Waals surface area contributed by atoms with Crippen LogP contribution in [0.15, 0.2) is 18.2 Å². The number of hydrogen-bond acceptors (Lipinski definition) is 3. The van der Waals surface area contributed by atoms with Crippen LogP contribution in [0.3, 0.4) is 0 Å². The molecule has 0 aliphatic carbocycles. The van der Waals surface area contributed by atoms with Gasteiger partial charge in [-0.2, -0.15) is 0 Å². The highest BCUT2D eigenvalue weighted by Crippen LogP contribution is 2.20. The molecule has 0 bridgehead atoms. The number of ether oxygens (including phenoxy) is 1. The molecule has 0 unspecified atom stereocenters. The molecule has 1 aromatic carbocycles. The molecule has 0 saturated carbocycles. The van der Waals surface area contributed by atoms with E-state index in [1.54, 1.807) is 7.11 Å². The molecule has 3 nitrogen and oxygen atoms in total. The number of hydrogen-bond donors (Lipinski definition) is 2.